The van der Waals surface area contributed by atoms with Crippen LogP contribution in [0.2, 0.25) is 0 Å². The minimum Gasteiger partial charge on any atom is -0.481 e. The zero-order valence-corrected chi connectivity index (χ0v) is 10.4. The number of carbonyl (C=O) groups is 2. The quantitative estimate of drug-likeness (QED) is 0.795. The molecule has 1 aromatic carbocycles. The standard InChI is InChI=1S/C13H18N2O3/c1-10(14)13(18)15(9-5-8-12(16)17)11-6-3-2-4-7-11/h2-4,6-7,10H,5,8-9,14H2,1H3,(H,16,17). The number of aliphatic carboxylic acids is 1. The summed E-state index contributed by atoms with van der Waals surface area (Å²) < 4.78 is 0. The third-order valence-corrected chi connectivity index (χ3v) is 2.50. The molecule has 3 N–H and O–H groups in total. The Kier molecular flexibility index (Phi) is 5.32. The van der Waals surface area contributed by atoms with Crippen molar-refractivity contribution >= 4 is 17.6 Å². The molecule has 5 heteroatoms. The highest BCUT2D eigenvalue weighted by Gasteiger charge is 2.18. The number of carbonyl (C=O) groups excluding carboxylic acids is 1. The van der Waals surface area contributed by atoms with Crippen molar-refractivity contribution in [3.05, 3.63) is 30.3 Å². The molecule has 1 rings (SSSR count). The Morgan fingerprint density at radius 1 is 1.33 bits per heavy atom. The van der Waals surface area contributed by atoms with Gasteiger partial charge in [0.05, 0.1) is 6.04 Å². The fourth-order valence-electron chi connectivity index (χ4n) is 1.61. The molecule has 0 aromatic heterocycles. The predicted molar refractivity (Wildman–Crippen MR) is 69.3 cm³/mol. The lowest BCUT2D eigenvalue weighted by molar-refractivity contribution is -0.137. The average Bonchev–Trinajstić information content (AvgIpc) is 2.34. The van der Waals surface area contributed by atoms with Crippen molar-refractivity contribution in [1.29, 1.82) is 0 Å². The molecule has 18 heavy (non-hydrogen) atoms. The van der Waals surface area contributed by atoms with E-state index in [-0.39, 0.29) is 12.3 Å². The number of hydrogen-bond donors (Lipinski definition) is 2. The monoisotopic (exact) mass is 250 g/mol. The molecule has 5 nitrogen and oxygen atoms in total. The Balaban J connectivity index is 2.76. The van der Waals surface area contributed by atoms with E-state index in [1.54, 1.807) is 19.1 Å². The van der Waals surface area contributed by atoms with Crippen LogP contribution in [-0.4, -0.2) is 29.6 Å². The van der Waals surface area contributed by atoms with E-state index in [0.717, 1.165) is 5.69 Å². The molecule has 0 saturated heterocycles. The first-order valence-electron chi connectivity index (χ1n) is 5.86. The van der Waals surface area contributed by atoms with E-state index in [0.29, 0.717) is 13.0 Å². The lowest BCUT2D eigenvalue weighted by Crippen LogP contribution is -2.42. The van der Waals surface area contributed by atoms with Crippen molar-refractivity contribution < 1.29 is 14.7 Å². The van der Waals surface area contributed by atoms with Crippen molar-refractivity contribution in [3.63, 3.8) is 0 Å². The number of rotatable bonds is 6. The van der Waals surface area contributed by atoms with Crippen LogP contribution < -0.4 is 10.6 Å². The van der Waals surface area contributed by atoms with Gasteiger partial charge in [0.15, 0.2) is 0 Å². The molecule has 0 heterocycles. The van der Waals surface area contributed by atoms with E-state index in [4.69, 9.17) is 10.8 Å². The van der Waals surface area contributed by atoms with E-state index in [1.807, 2.05) is 18.2 Å². The minimum atomic E-state index is -0.865. The van der Waals surface area contributed by atoms with Crippen LogP contribution in [0, 0.1) is 0 Å². The zero-order valence-electron chi connectivity index (χ0n) is 10.4. The Morgan fingerprint density at radius 3 is 2.44 bits per heavy atom. The lowest BCUT2D eigenvalue weighted by Gasteiger charge is -2.24. The van der Waals surface area contributed by atoms with Crippen molar-refractivity contribution in [2.75, 3.05) is 11.4 Å². The summed E-state index contributed by atoms with van der Waals surface area (Å²) in [6, 6.07) is 8.52. The van der Waals surface area contributed by atoms with Crippen LogP contribution in [0.3, 0.4) is 0 Å². The van der Waals surface area contributed by atoms with Gasteiger partial charge in [-0.25, -0.2) is 0 Å². The largest absolute Gasteiger partial charge is 0.481 e. The van der Waals surface area contributed by atoms with Gasteiger partial charge in [0.25, 0.3) is 0 Å². The molecule has 1 unspecified atom stereocenters. The number of para-hydroxylation sites is 1. The van der Waals surface area contributed by atoms with Gasteiger partial charge in [-0.2, -0.15) is 0 Å². The molecule has 0 fully saturated rings. The SMILES string of the molecule is CC(N)C(=O)N(CCCC(=O)O)c1ccccc1. The fraction of sp³-hybridized carbons (Fsp3) is 0.385. The molecular weight excluding hydrogens is 232 g/mol. The number of anilines is 1. The van der Waals surface area contributed by atoms with Gasteiger partial charge >= 0.3 is 5.97 Å². The van der Waals surface area contributed by atoms with Crippen LogP contribution >= 0.6 is 0 Å². The summed E-state index contributed by atoms with van der Waals surface area (Å²) in [7, 11) is 0. The van der Waals surface area contributed by atoms with E-state index in [9.17, 15) is 9.59 Å². The van der Waals surface area contributed by atoms with Crippen LogP contribution in [-0.2, 0) is 9.59 Å². The molecule has 0 aliphatic carbocycles. The summed E-state index contributed by atoms with van der Waals surface area (Å²) in [6.07, 6.45) is 0.443. The first-order valence-corrected chi connectivity index (χ1v) is 5.86. The van der Waals surface area contributed by atoms with E-state index >= 15 is 0 Å². The van der Waals surface area contributed by atoms with Gasteiger partial charge in [-0.15, -0.1) is 0 Å². The molecule has 98 valence electrons. The van der Waals surface area contributed by atoms with Crippen molar-refractivity contribution in [2.45, 2.75) is 25.8 Å². The normalized spacial score (nSPS) is 11.9. The van der Waals surface area contributed by atoms with Crippen LogP contribution in [0.25, 0.3) is 0 Å². The third-order valence-electron chi connectivity index (χ3n) is 2.50. The highest BCUT2D eigenvalue weighted by Crippen LogP contribution is 2.15. The van der Waals surface area contributed by atoms with Gasteiger partial charge in [0, 0.05) is 18.7 Å². The number of hydrogen-bond acceptors (Lipinski definition) is 3. The van der Waals surface area contributed by atoms with Crippen molar-refractivity contribution in [2.24, 2.45) is 5.73 Å². The van der Waals surface area contributed by atoms with E-state index < -0.39 is 12.0 Å². The van der Waals surface area contributed by atoms with Crippen LogP contribution in [0.15, 0.2) is 30.3 Å². The average molecular weight is 250 g/mol. The molecule has 0 saturated carbocycles. The molecular formula is C13H18N2O3. The Hall–Kier alpha value is -1.88. The Morgan fingerprint density at radius 2 is 1.94 bits per heavy atom. The number of carboxylic acid groups (broad SMARTS) is 1. The molecule has 0 spiro atoms. The van der Waals surface area contributed by atoms with Gasteiger partial charge in [0.2, 0.25) is 5.91 Å². The molecule has 0 aliphatic rings. The summed E-state index contributed by atoms with van der Waals surface area (Å²) in [5.74, 6) is -1.07. The van der Waals surface area contributed by atoms with Crippen LogP contribution in [0.5, 0.6) is 0 Å². The van der Waals surface area contributed by atoms with Gasteiger partial charge in [-0.05, 0) is 25.5 Å². The second kappa shape index (κ2) is 6.76. The molecule has 0 aliphatic heterocycles. The first-order chi connectivity index (χ1) is 8.52. The maximum Gasteiger partial charge on any atom is 0.303 e. The van der Waals surface area contributed by atoms with Crippen molar-refractivity contribution in [1.82, 2.24) is 0 Å². The number of amides is 1. The van der Waals surface area contributed by atoms with Crippen molar-refractivity contribution in [3.8, 4) is 0 Å². The summed E-state index contributed by atoms with van der Waals surface area (Å²) in [6.45, 7) is 1.98. The lowest BCUT2D eigenvalue weighted by atomic mass is 10.2. The van der Waals surface area contributed by atoms with Gasteiger partial charge in [0.1, 0.15) is 0 Å². The van der Waals surface area contributed by atoms with Gasteiger partial charge in [-0.1, -0.05) is 18.2 Å². The zero-order chi connectivity index (χ0) is 13.5. The number of benzene rings is 1. The topological polar surface area (TPSA) is 83.6 Å². The Labute approximate surface area is 106 Å². The Bertz CT molecular complexity index is 404. The van der Waals surface area contributed by atoms with E-state index in [2.05, 4.69) is 0 Å². The van der Waals surface area contributed by atoms with Crippen LogP contribution in [0.1, 0.15) is 19.8 Å². The predicted octanol–water partition coefficient (Wildman–Crippen LogP) is 1.23. The summed E-state index contributed by atoms with van der Waals surface area (Å²) in [4.78, 5) is 24.0. The molecule has 1 atom stereocenters. The smallest absolute Gasteiger partial charge is 0.303 e. The highest BCUT2D eigenvalue weighted by atomic mass is 16.4. The first kappa shape index (κ1) is 14.2. The molecule has 0 bridgehead atoms. The number of carboxylic acids is 1. The molecule has 1 amide bonds. The second-order valence-electron chi connectivity index (χ2n) is 4.11. The minimum absolute atomic E-state index is 0.0373. The third kappa shape index (κ3) is 4.18. The second-order valence-corrected chi connectivity index (χ2v) is 4.11. The maximum absolute atomic E-state index is 12.0. The van der Waals surface area contributed by atoms with Crippen LogP contribution in [0.4, 0.5) is 5.69 Å². The molecule has 1 aromatic rings. The summed E-state index contributed by atoms with van der Waals surface area (Å²) >= 11 is 0. The highest BCUT2D eigenvalue weighted by molar-refractivity contribution is 5.96. The summed E-state index contributed by atoms with van der Waals surface area (Å²) in [5.41, 5.74) is 6.34. The summed E-state index contributed by atoms with van der Waals surface area (Å²) in [5, 5.41) is 8.62. The number of nitrogens with zero attached hydrogens (tertiary/aromatic N) is 1. The fourth-order valence-corrected chi connectivity index (χ4v) is 1.61. The van der Waals surface area contributed by atoms with Gasteiger partial charge < -0.3 is 15.7 Å². The number of nitrogens with two attached hydrogens (primary N) is 1. The van der Waals surface area contributed by atoms with Gasteiger partial charge in [-0.3, -0.25) is 9.59 Å². The molecule has 0 radical (unpaired) electrons. The van der Waals surface area contributed by atoms with E-state index in [1.165, 1.54) is 4.90 Å². The maximum atomic E-state index is 12.0.